The van der Waals surface area contributed by atoms with Crippen molar-refractivity contribution in [2.45, 2.75) is 32.9 Å². The minimum Gasteiger partial charge on any atom is -0.334 e. The third-order valence-electron chi connectivity index (χ3n) is 3.85. The third kappa shape index (κ3) is 4.78. The van der Waals surface area contributed by atoms with Crippen LogP contribution in [0.4, 0.5) is 13.6 Å². The first-order valence-corrected chi connectivity index (χ1v) is 7.88. The topological polar surface area (TPSA) is 32.3 Å². The molecule has 0 aliphatic heterocycles. The molecule has 0 bridgehead atoms. The van der Waals surface area contributed by atoms with Crippen LogP contribution in [0.25, 0.3) is 0 Å². The Bertz CT molecular complexity index is 699. The van der Waals surface area contributed by atoms with Gasteiger partial charge >= 0.3 is 6.03 Å². The van der Waals surface area contributed by atoms with Crippen LogP contribution in [-0.2, 0) is 13.1 Å². The van der Waals surface area contributed by atoms with Gasteiger partial charge in [-0.3, -0.25) is 0 Å². The maximum atomic E-state index is 13.5. The van der Waals surface area contributed by atoms with Crippen LogP contribution in [0.1, 0.15) is 36.5 Å². The van der Waals surface area contributed by atoms with Crippen molar-refractivity contribution in [2.75, 3.05) is 7.05 Å². The van der Waals surface area contributed by atoms with E-state index in [0.29, 0.717) is 12.5 Å². The second-order valence-electron chi connectivity index (χ2n) is 6.15. The standard InChI is InChI=1S/C19H22F2N2O/c1-13(2)15-6-4-14(5-7-15)12-23(3)19(24)22-11-16-10-17(20)8-9-18(16)21/h4-10,13H,11-12H2,1-3H3,(H,22,24). The van der Waals surface area contributed by atoms with Gasteiger partial charge in [-0.25, -0.2) is 13.6 Å². The van der Waals surface area contributed by atoms with Crippen LogP contribution in [0, 0.1) is 11.6 Å². The number of carbonyl (C=O) groups excluding carboxylic acids is 1. The molecule has 0 unspecified atom stereocenters. The van der Waals surface area contributed by atoms with Crippen molar-refractivity contribution in [3.8, 4) is 0 Å². The summed E-state index contributed by atoms with van der Waals surface area (Å²) in [6.45, 7) is 4.63. The Morgan fingerprint density at radius 1 is 1.12 bits per heavy atom. The van der Waals surface area contributed by atoms with Gasteiger partial charge < -0.3 is 10.2 Å². The van der Waals surface area contributed by atoms with Gasteiger partial charge in [-0.05, 0) is 35.2 Å². The minimum absolute atomic E-state index is 0.0565. The highest BCUT2D eigenvalue weighted by Gasteiger charge is 2.11. The summed E-state index contributed by atoms with van der Waals surface area (Å²) >= 11 is 0. The number of hydrogen-bond acceptors (Lipinski definition) is 1. The number of carbonyl (C=O) groups is 1. The first kappa shape index (κ1) is 17.9. The van der Waals surface area contributed by atoms with Crippen molar-refractivity contribution in [3.05, 3.63) is 70.8 Å². The molecule has 2 rings (SSSR count). The number of rotatable bonds is 5. The van der Waals surface area contributed by atoms with E-state index in [2.05, 4.69) is 19.2 Å². The van der Waals surface area contributed by atoms with Crippen LogP contribution in [0.5, 0.6) is 0 Å². The number of amides is 2. The molecule has 0 atom stereocenters. The first-order chi connectivity index (χ1) is 11.4. The molecule has 5 heteroatoms. The fourth-order valence-corrected chi connectivity index (χ4v) is 2.34. The maximum Gasteiger partial charge on any atom is 0.317 e. The monoisotopic (exact) mass is 332 g/mol. The fraction of sp³-hybridized carbons (Fsp3) is 0.316. The lowest BCUT2D eigenvalue weighted by Crippen LogP contribution is -2.36. The molecule has 0 spiro atoms. The van der Waals surface area contributed by atoms with Crippen LogP contribution in [0.15, 0.2) is 42.5 Å². The molecule has 3 nitrogen and oxygen atoms in total. The average Bonchev–Trinajstić information content (AvgIpc) is 2.55. The Hall–Kier alpha value is -2.43. The van der Waals surface area contributed by atoms with Gasteiger partial charge in [-0.15, -0.1) is 0 Å². The molecule has 0 aliphatic rings. The highest BCUT2D eigenvalue weighted by molar-refractivity contribution is 5.73. The molecule has 0 radical (unpaired) electrons. The lowest BCUT2D eigenvalue weighted by Gasteiger charge is -2.18. The van der Waals surface area contributed by atoms with E-state index in [9.17, 15) is 13.6 Å². The summed E-state index contributed by atoms with van der Waals surface area (Å²) in [5, 5.41) is 2.60. The molecule has 0 aliphatic carbocycles. The quantitative estimate of drug-likeness (QED) is 0.863. The Kier molecular flexibility index (Phi) is 5.90. The molecule has 0 fully saturated rings. The summed E-state index contributed by atoms with van der Waals surface area (Å²) in [5.41, 5.74) is 2.37. The van der Waals surface area contributed by atoms with Crippen molar-refractivity contribution >= 4 is 6.03 Å². The van der Waals surface area contributed by atoms with E-state index in [1.165, 1.54) is 10.5 Å². The Balaban J connectivity index is 1.91. The van der Waals surface area contributed by atoms with Gasteiger partial charge in [0.2, 0.25) is 0 Å². The van der Waals surface area contributed by atoms with Crippen molar-refractivity contribution in [1.82, 2.24) is 10.2 Å². The fourth-order valence-electron chi connectivity index (χ4n) is 2.34. The molecule has 128 valence electrons. The van der Waals surface area contributed by atoms with Crippen molar-refractivity contribution in [3.63, 3.8) is 0 Å². The van der Waals surface area contributed by atoms with E-state index >= 15 is 0 Å². The molecule has 1 N–H and O–H groups in total. The zero-order chi connectivity index (χ0) is 17.7. The molecule has 0 saturated heterocycles. The van der Waals surface area contributed by atoms with Gasteiger partial charge in [0, 0.05) is 25.7 Å². The average molecular weight is 332 g/mol. The van der Waals surface area contributed by atoms with Crippen LogP contribution in [0.2, 0.25) is 0 Å². The molecule has 24 heavy (non-hydrogen) atoms. The third-order valence-corrected chi connectivity index (χ3v) is 3.85. The predicted octanol–water partition coefficient (Wildman–Crippen LogP) is 4.43. The lowest BCUT2D eigenvalue weighted by molar-refractivity contribution is 0.206. The van der Waals surface area contributed by atoms with E-state index in [4.69, 9.17) is 0 Å². The van der Waals surface area contributed by atoms with Crippen LogP contribution >= 0.6 is 0 Å². The SMILES string of the molecule is CC(C)c1ccc(CN(C)C(=O)NCc2cc(F)ccc2F)cc1. The van der Waals surface area contributed by atoms with E-state index < -0.39 is 11.6 Å². The highest BCUT2D eigenvalue weighted by Crippen LogP contribution is 2.15. The largest absolute Gasteiger partial charge is 0.334 e. The van der Waals surface area contributed by atoms with Crippen LogP contribution < -0.4 is 5.32 Å². The number of halogens is 2. The summed E-state index contributed by atoms with van der Waals surface area (Å²) in [4.78, 5) is 13.6. The zero-order valence-electron chi connectivity index (χ0n) is 14.1. The van der Waals surface area contributed by atoms with Gasteiger partial charge in [0.15, 0.2) is 0 Å². The Morgan fingerprint density at radius 3 is 2.42 bits per heavy atom. The van der Waals surface area contributed by atoms with Gasteiger partial charge in [-0.1, -0.05) is 38.1 Å². The number of hydrogen-bond donors (Lipinski definition) is 1. The van der Waals surface area contributed by atoms with Gasteiger partial charge in [-0.2, -0.15) is 0 Å². The predicted molar refractivity (Wildman–Crippen MR) is 90.6 cm³/mol. The zero-order valence-corrected chi connectivity index (χ0v) is 14.1. The van der Waals surface area contributed by atoms with Gasteiger partial charge in [0.05, 0.1) is 0 Å². The summed E-state index contributed by atoms with van der Waals surface area (Å²) in [6.07, 6.45) is 0. The molecule has 0 heterocycles. The van der Waals surface area contributed by atoms with Gasteiger partial charge in [0.25, 0.3) is 0 Å². The van der Waals surface area contributed by atoms with Crippen molar-refractivity contribution < 1.29 is 13.6 Å². The van der Waals surface area contributed by atoms with Crippen molar-refractivity contribution in [2.24, 2.45) is 0 Å². The molecular formula is C19H22F2N2O. The van der Waals surface area contributed by atoms with Crippen molar-refractivity contribution in [1.29, 1.82) is 0 Å². The first-order valence-electron chi connectivity index (χ1n) is 7.88. The smallest absolute Gasteiger partial charge is 0.317 e. The number of benzene rings is 2. The van der Waals surface area contributed by atoms with Crippen LogP contribution in [-0.4, -0.2) is 18.0 Å². The summed E-state index contributed by atoms with van der Waals surface area (Å²) in [6, 6.07) is 10.9. The van der Waals surface area contributed by atoms with Crippen LogP contribution in [0.3, 0.4) is 0 Å². The van der Waals surface area contributed by atoms with E-state index in [0.717, 1.165) is 23.8 Å². The van der Waals surface area contributed by atoms with E-state index in [1.807, 2.05) is 24.3 Å². The Morgan fingerprint density at radius 2 is 1.79 bits per heavy atom. The molecular weight excluding hydrogens is 310 g/mol. The number of urea groups is 1. The molecule has 2 amide bonds. The summed E-state index contributed by atoms with van der Waals surface area (Å²) < 4.78 is 26.7. The van der Waals surface area contributed by atoms with Gasteiger partial charge in [0.1, 0.15) is 11.6 Å². The van der Waals surface area contributed by atoms with E-state index in [-0.39, 0.29) is 18.1 Å². The lowest BCUT2D eigenvalue weighted by atomic mass is 10.0. The van der Waals surface area contributed by atoms with E-state index in [1.54, 1.807) is 7.05 Å². The highest BCUT2D eigenvalue weighted by atomic mass is 19.1. The summed E-state index contributed by atoms with van der Waals surface area (Å²) in [5.74, 6) is -0.607. The molecule has 0 aromatic heterocycles. The summed E-state index contributed by atoms with van der Waals surface area (Å²) in [7, 11) is 1.66. The second kappa shape index (κ2) is 7.90. The number of nitrogens with zero attached hydrogens (tertiary/aromatic N) is 1. The molecule has 2 aromatic rings. The Labute approximate surface area is 141 Å². The molecule has 0 saturated carbocycles. The normalized spacial score (nSPS) is 10.8. The second-order valence-corrected chi connectivity index (χ2v) is 6.15. The number of nitrogens with one attached hydrogen (secondary N) is 1. The molecule has 2 aromatic carbocycles. The maximum absolute atomic E-state index is 13.5. The minimum atomic E-state index is -0.538.